The van der Waals surface area contributed by atoms with Gasteiger partial charge in [0.15, 0.2) is 23.3 Å². The number of benzene rings is 1. The van der Waals surface area contributed by atoms with Gasteiger partial charge in [0.25, 0.3) is 5.69 Å². The van der Waals surface area contributed by atoms with Gasteiger partial charge in [-0.05, 0) is 36.0 Å². The van der Waals surface area contributed by atoms with Gasteiger partial charge in [-0.2, -0.15) is 0 Å². The Kier molecular flexibility index (Phi) is 2.25. The van der Waals surface area contributed by atoms with Crippen LogP contribution in [0.5, 0.6) is 0 Å². The fourth-order valence-corrected chi connectivity index (χ4v) is 4.78. The molecule has 1 aliphatic heterocycles. The normalized spacial score (nSPS) is 42.5. The first kappa shape index (κ1) is 13.1. The summed E-state index contributed by atoms with van der Waals surface area (Å²) in [5, 5.41) is 10.8. The van der Waals surface area contributed by atoms with Gasteiger partial charge in [0.2, 0.25) is 0 Å². The molecule has 6 atom stereocenters. The zero-order valence-corrected chi connectivity index (χ0v) is 12.0. The summed E-state index contributed by atoms with van der Waals surface area (Å²) in [5.74, 6) is -0.257. The Morgan fingerprint density at radius 2 is 1.74 bits per heavy atom. The number of rotatable bonds is 2. The number of hydrogen-bond acceptors (Lipinski definition) is 5. The molecule has 0 amide bonds. The molecule has 2 saturated carbocycles. The number of non-ortho nitro benzene ring substituents is 1. The Labute approximate surface area is 131 Å². The quantitative estimate of drug-likeness (QED) is 0.359. The van der Waals surface area contributed by atoms with E-state index in [2.05, 4.69) is 6.08 Å². The second kappa shape index (κ2) is 3.94. The fraction of sp³-hybridized carbons (Fsp3) is 0.412. The third kappa shape index (κ3) is 1.42. The van der Waals surface area contributed by atoms with Crippen molar-refractivity contribution >= 4 is 17.3 Å². The number of epoxide rings is 1. The van der Waals surface area contributed by atoms with E-state index in [0.29, 0.717) is 5.56 Å². The van der Waals surface area contributed by atoms with Gasteiger partial charge >= 0.3 is 0 Å². The van der Waals surface area contributed by atoms with Crippen molar-refractivity contribution < 1.29 is 19.2 Å². The highest BCUT2D eigenvalue weighted by atomic mass is 16.6. The summed E-state index contributed by atoms with van der Waals surface area (Å²) in [7, 11) is 0. The predicted molar refractivity (Wildman–Crippen MR) is 77.4 cm³/mol. The number of nitro benzene ring substituents is 1. The van der Waals surface area contributed by atoms with Gasteiger partial charge in [0.1, 0.15) is 0 Å². The van der Waals surface area contributed by atoms with Gasteiger partial charge in [-0.1, -0.05) is 12.2 Å². The van der Waals surface area contributed by atoms with E-state index < -0.39 is 16.6 Å². The van der Waals surface area contributed by atoms with Gasteiger partial charge < -0.3 is 4.74 Å². The van der Waals surface area contributed by atoms with Crippen molar-refractivity contribution in [2.24, 2.45) is 23.7 Å². The standard InChI is InChI=1S/C17H13NO5/c19-14-12-8-1-2-9(7-8)13(12)15(20)17(16(14)23-17)10-3-5-11(6-4-10)18(21)22/h1-6,8-9,12-13,16H,7H2/t8-,9-,12+,13-,16-,17+/m0/s1. The van der Waals surface area contributed by atoms with Crippen molar-refractivity contribution in [1.29, 1.82) is 0 Å². The fourth-order valence-electron chi connectivity index (χ4n) is 4.78. The molecular formula is C17H13NO5. The number of allylic oxidation sites excluding steroid dienone is 2. The van der Waals surface area contributed by atoms with Gasteiger partial charge in [0.05, 0.1) is 4.92 Å². The molecule has 4 aliphatic rings. The highest BCUT2D eigenvalue weighted by molar-refractivity contribution is 6.10. The number of fused-ring (bicyclic) bond motifs is 6. The molecule has 1 saturated heterocycles. The first-order valence-corrected chi connectivity index (χ1v) is 7.73. The molecule has 0 radical (unpaired) electrons. The summed E-state index contributed by atoms with van der Waals surface area (Å²) in [4.78, 5) is 36.1. The van der Waals surface area contributed by atoms with E-state index in [-0.39, 0.29) is 40.9 Å². The summed E-state index contributed by atoms with van der Waals surface area (Å²) in [6.07, 6.45) is 4.25. The van der Waals surface area contributed by atoms with Crippen LogP contribution < -0.4 is 0 Å². The molecule has 3 aliphatic carbocycles. The number of carbonyl (C=O) groups excluding carboxylic acids is 2. The lowest BCUT2D eigenvalue weighted by Gasteiger charge is -2.31. The van der Waals surface area contributed by atoms with Gasteiger partial charge in [0, 0.05) is 24.0 Å². The van der Waals surface area contributed by atoms with Gasteiger partial charge in [-0.25, -0.2) is 0 Å². The van der Waals surface area contributed by atoms with Gasteiger partial charge in [-0.15, -0.1) is 0 Å². The Morgan fingerprint density at radius 3 is 2.39 bits per heavy atom. The smallest absolute Gasteiger partial charge is 0.269 e. The Balaban J connectivity index is 1.57. The summed E-state index contributed by atoms with van der Waals surface area (Å²) in [5.41, 5.74) is -0.694. The van der Waals surface area contributed by atoms with Crippen LogP contribution in [0.3, 0.4) is 0 Å². The van der Waals surface area contributed by atoms with Crippen molar-refractivity contribution in [3.63, 3.8) is 0 Å². The average Bonchev–Trinajstić information content (AvgIpc) is 3.00. The molecule has 0 unspecified atom stereocenters. The average molecular weight is 311 g/mol. The molecule has 1 aromatic carbocycles. The number of carbonyl (C=O) groups is 2. The summed E-state index contributed by atoms with van der Waals surface area (Å²) >= 11 is 0. The zero-order chi connectivity index (χ0) is 15.9. The molecule has 6 heteroatoms. The van der Waals surface area contributed by atoms with E-state index in [4.69, 9.17) is 4.74 Å². The molecule has 0 N–H and O–H groups in total. The number of ketones is 2. The highest BCUT2D eigenvalue weighted by Crippen LogP contribution is 2.62. The van der Waals surface area contributed by atoms with Crippen LogP contribution >= 0.6 is 0 Å². The van der Waals surface area contributed by atoms with E-state index in [1.54, 1.807) is 0 Å². The predicted octanol–water partition coefficient (Wildman–Crippen LogP) is 1.78. The molecule has 5 rings (SSSR count). The second-order valence-corrected chi connectivity index (χ2v) is 6.80. The van der Waals surface area contributed by atoms with Crippen LogP contribution in [0.2, 0.25) is 0 Å². The SMILES string of the molecule is O=C1[C@H]2[C@@H](C(=O)[C@@]3(c4ccc([N+](=O)[O-])cc4)O[C@@H]13)[C@H]1C=C[C@H]2C1. The lowest BCUT2D eigenvalue weighted by molar-refractivity contribution is -0.384. The molecule has 1 heterocycles. The first-order valence-electron chi connectivity index (χ1n) is 7.73. The summed E-state index contributed by atoms with van der Waals surface area (Å²) < 4.78 is 5.64. The maximum atomic E-state index is 13.1. The minimum absolute atomic E-state index is 0.0183. The van der Waals surface area contributed by atoms with E-state index in [9.17, 15) is 19.7 Å². The van der Waals surface area contributed by atoms with Crippen molar-refractivity contribution in [3.05, 3.63) is 52.1 Å². The topological polar surface area (TPSA) is 89.8 Å². The third-order valence-corrected chi connectivity index (χ3v) is 5.84. The minimum atomic E-state index is -1.20. The largest absolute Gasteiger partial charge is 0.344 e. The van der Waals surface area contributed by atoms with Crippen LogP contribution in [0.1, 0.15) is 12.0 Å². The molecule has 3 fully saturated rings. The Morgan fingerprint density at radius 1 is 1.09 bits per heavy atom. The van der Waals surface area contributed by atoms with Crippen LogP contribution in [-0.4, -0.2) is 22.6 Å². The monoisotopic (exact) mass is 311 g/mol. The van der Waals surface area contributed by atoms with E-state index in [0.717, 1.165) is 6.42 Å². The summed E-state index contributed by atoms with van der Waals surface area (Å²) in [6, 6.07) is 5.78. The number of hydrogen-bond donors (Lipinski definition) is 0. The van der Waals surface area contributed by atoms with E-state index in [1.165, 1.54) is 24.3 Å². The van der Waals surface area contributed by atoms with E-state index in [1.807, 2.05) is 6.08 Å². The maximum absolute atomic E-state index is 13.1. The lowest BCUT2D eigenvalue weighted by atomic mass is 9.66. The maximum Gasteiger partial charge on any atom is 0.269 e. The van der Waals surface area contributed by atoms with Crippen LogP contribution in [-0.2, 0) is 19.9 Å². The Bertz CT molecular complexity index is 798. The number of nitro groups is 1. The number of nitrogens with zero attached hydrogens (tertiary/aromatic N) is 1. The van der Waals surface area contributed by atoms with Gasteiger partial charge in [-0.3, -0.25) is 19.7 Å². The minimum Gasteiger partial charge on any atom is -0.344 e. The van der Waals surface area contributed by atoms with Crippen molar-refractivity contribution in [2.45, 2.75) is 18.1 Å². The highest BCUT2D eigenvalue weighted by Gasteiger charge is 2.75. The lowest BCUT2D eigenvalue weighted by Crippen LogP contribution is -2.47. The zero-order valence-electron chi connectivity index (χ0n) is 12.0. The van der Waals surface area contributed by atoms with E-state index >= 15 is 0 Å². The van der Waals surface area contributed by atoms with Crippen LogP contribution in [0.15, 0.2) is 36.4 Å². The van der Waals surface area contributed by atoms with Crippen molar-refractivity contribution in [3.8, 4) is 0 Å². The third-order valence-electron chi connectivity index (χ3n) is 5.84. The molecule has 1 aromatic rings. The van der Waals surface area contributed by atoms with Crippen LogP contribution in [0.4, 0.5) is 5.69 Å². The Hall–Kier alpha value is -2.34. The second-order valence-electron chi connectivity index (χ2n) is 6.80. The molecule has 116 valence electrons. The molecule has 0 aromatic heterocycles. The molecule has 23 heavy (non-hydrogen) atoms. The molecule has 2 bridgehead atoms. The van der Waals surface area contributed by atoms with Crippen LogP contribution in [0.25, 0.3) is 0 Å². The first-order chi connectivity index (χ1) is 11.0. The van der Waals surface area contributed by atoms with Crippen molar-refractivity contribution in [2.75, 3.05) is 0 Å². The van der Waals surface area contributed by atoms with Crippen molar-refractivity contribution in [1.82, 2.24) is 0 Å². The molecular weight excluding hydrogens is 298 g/mol. The molecule has 6 nitrogen and oxygen atoms in total. The number of ether oxygens (including phenoxy) is 1. The van der Waals surface area contributed by atoms with Crippen LogP contribution in [0, 0.1) is 33.8 Å². The molecule has 0 spiro atoms. The number of Topliss-reactive ketones (excluding diaryl/α,β-unsaturated/α-hetero) is 2. The summed E-state index contributed by atoms with van der Waals surface area (Å²) in [6.45, 7) is 0.